The maximum atomic E-state index is 12.3. The first-order valence-corrected chi connectivity index (χ1v) is 7.12. The van der Waals surface area contributed by atoms with Crippen molar-refractivity contribution in [2.45, 2.75) is 19.0 Å². The fourth-order valence-electron chi connectivity index (χ4n) is 2.85. The Kier molecular flexibility index (Phi) is 4.69. The van der Waals surface area contributed by atoms with Gasteiger partial charge in [-0.1, -0.05) is 6.07 Å². The lowest BCUT2D eigenvalue weighted by Crippen LogP contribution is -2.58. The van der Waals surface area contributed by atoms with E-state index in [4.69, 9.17) is 0 Å². The van der Waals surface area contributed by atoms with E-state index < -0.39 is 0 Å². The number of likely N-dealkylation sites (N-methyl/N-ethyl adjacent to an activating group) is 1. The van der Waals surface area contributed by atoms with Gasteiger partial charge in [0.1, 0.15) is 17.5 Å². The molecule has 0 radical (unpaired) electrons. The third-order valence-corrected chi connectivity index (χ3v) is 3.99. The highest BCUT2D eigenvalue weighted by atomic mass is 16.3. The number of carbonyl (C=O) groups excluding carboxylic acids is 1. The van der Waals surface area contributed by atoms with Gasteiger partial charge in [-0.25, -0.2) is 0 Å². The molecule has 21 heavy (non-hydrogen) atoms. The van der Waals surface area contributed by atoms with Gasteiger partial charge in [-0.05, 0) is 19.1 Å². The van der Waals surface area contributed by atoms with Crippen LogP contribution in [0.1, 0.15) is 18.5 Å². The van der Waals surface area contributed by atoms with Crippen LogP contribution in [0.25, 0.3) is 0 Å². The van der Waals surface area contributed by atoms with Gasteiger partial charge in [-0.3, -0.25) is 9.69 Å². The van der Waals surface area contributed by atoms with E-state index in [-0.39, 0.29) is 29.5 Å². The van der Waals surface area contributed by atoms with E-state index in [1.165, 1.54) is 0 Å². The van der Waals surface area contributed by atoms with Crippen molar-refractivity contribution >= 4 is 5.91 Å². The highest BCUT2D eigenvalue weighted by molar-refractivity contribution is 5.82. The van der Waals surface area contributed by atoms with Gasteiger partial charge < -0.3 is 20.4 Å². The Morgan fingerprint density at radius 1 is 1.38 bits per heavy atom. The van der Waals surface area contributed by atoms with Gasteiger partial charge in [0.2, 0.25) is 5.91 Å². The van der Waals surface area contributed by atoms with Crippen LogP contribution in [0.15, 0.2) is 18.2 Å². The molecular weight excluding hydrogens is 270 g/mol. The molecule has 1 aliphatic heterocycles. The second-order valence-electron chi connectivity index (χ2n) is 5.58. The Morgan fingerprint density at radius 3 is 2.57 bits per heavy atom. The van der Waals surface area contributed by atoms with Crippen LogP contribution in [0.5, 0.6) is 11.5 Å². The fraction of sp³-hybridized carbons (Fsp3) is 0.533. The summed E-state index contributed by atoms with van der Waals surface area (Å²) in [5.74, 6) is 0.123. The second-order valence-corrected chi connectivity index (χ2v) is 5.58. The van der Waals surface area contributed by atoms with Gasteiger partial charge in [-0.2, -0.15) is 0 Å². The minimum Gasteiger partial charge on any atom is -0.507 e. The summed E-state index contributed by atoms with van der Waals surface area (Å²) in [6.45, 7) is 3.92. The maximum Gasteiger partial charge on any atom is 0.240 e. The van der Waals surface area contributed by atoms with Gasteiger partial charge in [0.05, 0.1) is 5.56 Å². The van der Waals surface area contributed by atoms with Crippen molar-refractivity contribution in [3.63, 3.8) is 0 Å². The molecule has 0 spiro atoms. The van der Waals surface area contributed by atoms with Gasteiger partial charge >= 0.3 is 0 Å². The van der Waals surface area contributed by atoms with E-state index >= 15 is 0 Å². The van der Waals surface area contributed by atoms with Crippen LogP contribution in [-0.4, -0.2) is 65.7 Å². The van der Waals surface area contributed by atoms with Crippen LogP contribution in [0.3, 0.4) is 0 Å². The summed E-state index contributed by atoms with van der Waals surface area (Å²) < 4.78 is 0. The van der Waals surface area contributed by atoms with Crippen molar-refractivity contribution in [2.24, 2.45) is 0 Å². The van der Waals surface area contributed by atoms with Crippen LogP contribution >= 0.6 is 0 Å². The Labute approximate surface area is 125 Å². The zero-order valence-electron chi connectivity index (χ0n) is 12.7. The normalized spacial score (nSPS) is 21.0. The standard InChI is InChI=1S/C15H23N3O3/c1-10(14-12(19)5-4-6-13(14)20)18-8-7-16-9-11(18)15(21)17(2)3/h4-6,10-11,16,19-20H,7-9H2,1-3H3. The molecule has 1 aromatic carbocycles. The van der Waals surface area contributed by atoms with E-state index in [9.17, 15) is 15.0 Å². The van der Waals surface area contributed by atoms with Crippen molar-refractivity contribution in [3.05, 3.63) is 23.8 Å². The second kappa shape index (κ2) is 6.32. The topological polar surface area (TPSA) is 76.0 Å². The number of aromatic hydroxyl groups is 2. The monoisotopic (exact) mass is 293 g/mol. The fourth-order valence-corrected chi connectivity index (χ4v) is 2.85. The predicted molar refractivity (Wildman–Crippen MR) is 80.2 cm³/mol. The molecule has 6 heteroatoms. The molecule has 0 aromatic heterocycles. The summed E-state index contributed by atoms with van der Waals surface area (Å²) >= 11 is 0. The highest BCUT2D eigenvalue weighted by Crippen LogP contribution is 2.36. The summed E-state index contributed by atoms with van der Waals surface area (Å²) in [5, 5.41) is 23.3. The Bertz CT molecular complexity index is 499. The minimum absolute atomic E-state index is 0.0176. The number of rotatable bonds is 3. The molecule has 0 saturated carbocycles. The van der Waals surface area contributed by atoms with E-state index in [1.54, 1.807) is 37.2 Å². The Balaban J connectivity index is 2.31. The van der Waals surface area contributed by atoms with Crippen molar-refractivity contribution in [2.75, 3.05) is 33.7 Å². The molecule has 2 unspecified atom stereocenters. The number of hydrogen-bond donors (Lipinski definition) is 3. The van der Waals surface area contributed by atoms with Crippen molar-refractivity contribution in [1.29, 1.82) is 0 Å². The zero-order chi connectivity index (χ0) is 15.6. The van der Waals surface area contributed by atoms with E-state index in [0.29, 0.717) is 18.7 Å². The SMILES string of the molecule is CC(c1c(O)cccc1O)N1CCNCC1C(=O)N(C)C. The molecule has 1 saturated heterocycles. The number of phenols is 2. The summed E-state index contributed by atoms with van der Waals surface area (Å²) in [4.78, 5) is 15.9. The van der Waals surface area contributed by atoms with Crippen LogP contribution in [0.2, 0.25) is 0 Å². The molecule has 2 rings (SSSR count). The van der Waals surface area contributed by atoms with Gasteiger partial charge in [-0.15, -0.1) is 0 Å². The molecule has 6 nitrogen and oxygen atoms in total. The molecule has 116 valence electrons. The average molecular weight is 293 g/mol. The third kappa shape index (κ3) is 3.11. The lowest BCUT2D eigenvalue weighted by molar-refractivity contribution is -0.136. The summed E-state index contributed by atoms with van der Waals surface area (Å²) in [6, 6.07) is 4.15. The first kappa shape index (κ1) is 15.6. The quantitative estimate of drug-likeness (QED) is 0.757. The van der Waals surface area contributed by atoms with Crippen LogP contribution in [0, 0.1) is 0 Å². The van der Waals surface area contributed by atoms with Crippen molar-refractivity contribution in [3.8, 4) is 11.5 Å². The summed E-state index contributed by atoms with van der Waals surface area (Å²) in [6.07, 6.45) is 0. The molecule has 1 aromatic rings. The predicted octanol–water partition coefficient (Wildman–Crippen LogP) is 0.521. The maximum absolute atomic E-state index is 12.3. The highest BCUT2D eigenvalue weighted by Gasteiger charge is 2.34. The number of hydrogen-bond acceptors (Lipinski definition) is 5. The number of piperazine rings is 1. The molecule has 1 aliphatic rings. The number of nitrogens with one attached hydrogen (secondary N) is 1. The molecule has 0 bridgehead atoms. The smallest absolute Gasteiger partial charge is 0.240 e. The largest absolute Gasteiger partial charge is 0.507 e. The van der Waals surface area contributed by atoms with E-state index in [2.05, 4.69) is 5.32 Å². The Hall–Kier alpha value is -1.79. The molecule has 2 atom stereocenters. The average Bonchev–Trinajstić information content (AvgIpc) is 2.46. The molecule has 0 aliphatic carbocycles. The minimum atomic E-state index is -0.303. The number of carbonyl (C=O) groups is 1. The summed E-state index contributed by atoms with van der Waals surface area (Å²) in [5.41, 5.74) is 0.468. The van der Waals surface area contributed by atoms with E-state index in [0.717, 1.165) is 6.54 Å². The van der Waals surface area contributed by atoms with Crippen LogP contribution in [0.4, 0.5) is 0 Å². The van der Waals surface area contributed by atoms with Gasteiger partial charge in [0, 0.05) is 39.8 Å². The van der Waals surface area contributed by atoms with Gasteiger partial charge in [0.25, 0.3) is 0 Å². The first-order valence-electron chi connectivity index (χ1n) is 7.12. The molecule has 3 N–H and O–H groups in total. The van der Waals surface area contributed by atoms with Crippen LogP contribution in [-0.2, 0) is 4.79 Å². The molecule has 1 fully saturated rings. The van der Waals surface area contributed by atoms with E-state index in [1.807, 2.05) is 11.8 Å². The summed E-state index contributed by atoms with van der Waals surface area (Å²) in [7, 11) is 3.47. The lowest BCUT2D eigenvalue weighted by atomic mass is 10.0. The number of amides is 1. The molecular formula is C15H23N3O3. The third-order valence-electron chi connectivity index (χ3n) is 3.99. The molecule has 1 amide bonds. The number of nitrogens with zero attached hydrogens (tertiary/aromatic N) is 2. The van der Waals surface area contributed by atoms with Crippen molar-refractivity contribution < 1.29 is 15.0 Å². The number of benzene rings is 1. The van der Waals surface area contributed by atoms with Crippen molar-refractivity contribution in [1.82, 2.24) is 15.1 Å². The zero-order valence-corrected chi connectivity index (χ0v) is 12.7. The van der Waals surface area contributed by atoms with Gasteiger partial charge in [0.15, 0.2) is 0 Å². The molecule has 1 heterocycles. The Morgan fingerprint density at radius 2 is 2.00 bits per heavy atom. The number of phenolic OH excluding ortho intramolecular Hbond substituents is 2. The van der Waals surface area contributed by atoms with Crippen LogP contribution < -0.4 is 5.32 Å². The lowest BCUT2D eigenvalue weighted by Gasteiger charge is -2.40. The first-order chi connectivity index (χ1) is 9.93.